The molecule has 2 aliphatic heterocycles. The summed E-state index contributed by atoms with van der Waals surface area (Å²) in [5, 5.41) is 13.3. The number of hydrogen-bond acceptors (Lipinski definition) is 6. The molecule has 0 aromatic heterocycles. The van der Waals surface area contributed by atoms with Crippen molar-refractivity contribution in [1.29, 1.82) is 0 Å². The molecule has 3 atom stereocenters. The summed E-state index contributed by atoms with van der Waals surface area (Å²) in [7, 11) is 0. The summed E-state index contributed by atoms with van der Waals surface area (Å²) < 4.78 is 0. The van der Waals surface area contributed by atoms with Crippen molar-refractivity contribution in [2.75, 3.05) is 9.96 Å². The van der Waals surface area contributed by atoms with Crippen LogP contribution in [0.2, 0.25) is 5.02 Å². The molecule has 2 fully saturated rings. The third kappa shape index (κ3) is 3.61. The van der Waals surface area contributed by atoms with E-state index in [1.54, 1.807) is 36.4 Å². The molecule has 0 radical (unpaired) electrons. The van der Waals surface area contributed by atoms with Crippen molar-refractivity contribution in [2.24, 2.45) is 5.92 Å². The smallest absolute Gasteiger partial charge is 0.271 e. The highest BCUT2D eigenvalue weighted by atomic mass is 35.5. The van der Waals surface area contributed by atoms with E-state index in [9.17, 15) is 19.7 Å². The highest BCUT2D eigenvalue weighted by molar-refractivity contribution is 6.31. The Balaban J connectivity index is 1.58. The molecule has 34 heavy (non-hydrogen) atoms. The quantitative estimate of drug-likeness (QED) is 0.296. The van der Waals surface area contributed by atoms with E-state index in [0.717, 1.165) is 22.4 Å². The fourth-order valence-corrected chi connectivity index (χ4v) is 4.64. The van der Waals surface area contributed by atoms with Crippen LogP contribution in [0.3, 0.4) is 0 Å². The van der Waals surface area contributed by atoms with Crippen LogP contribution in [0.4, 0.5) is 17.1 Å². The molecule has 9 heteroatoms. The maximum absolute atomic E-state index is 13.6. The zero-order valence-corrected chi connectivity index (χ0v) is 18.9. The minimum absolute atomic E-state index is 0.112. The van der Waals surface area contributed by atoms with E-state index in [2.05, 4.69) is 0 Å². The molecule has 8 nitrogen and oxygen atoms in total. The van der Waals surface area contributed by atoms with Crippen LogP contribution in [-0.2, 0) is 20.8 Å². The number of aryl methyl sites for hydroxylation is 1. The number of halogens is 1. The third-order valence-corrected chi connectivity index (χ3v) is 6.48. The Morgan fingerprint density at radius 1 is 0.971 bits per heavy atom. The van der Waals surface area contributed by atoms with Gasteiger partial charge >= 0.3 is 0 Å². The lowest BCUT2D eigenvalue weighted by atomic mass is 9.90. The topological polar surface area (TPSA) is 93.0 Å². The summed E-state index contributed by atoms with van der Waals surface area (Å²) in [5.74, 6) is -1.70. The number of carbonyl (C=O) groups excluding carboxylic acids is 2. The number of hydrogen-bond donors (Lipinski definition) is 0. The van der Waals surface area contributed by atoms with Crippen LogP contribution in [0.15, 0.2) is 72.8 Å². The van der Waals surface area contributed by atoms with E-state index in [1.807, 2.05) is 31.2 Å². The number of non-ortho nitro benzene ring substituents is 1. The maximum Gasteiger partial charge on any atom is 0.271 e. The molecular weight excluding hydrogens is 458 g/mol. The number of nitro benzene ring substituents is 1. The first kappa shape index (κ1) is 22.1. The standard InChI is InChI=1S/C25H20ClN3O5/c1-2-15-6-8-16(9-7-15)22-21-23(34-28(22)19-4-3-5-20(14-19)29(32)33)25(31)27(24(21)30)18-12-10-17(26)11-13-18/h3-14,21-23H,2H2,1H3/t21-,22+,23+/m0/s1. The number of rotatable bonds is 5. The zero-order chi connectivity index (χ0) is 24.0. The van der Waals surface area contributed by atoms with E-state index >= 15 is 0 Å². The highest BCUT2D eigenvalue weighted by Crippen LogP contribution is 2.48. The van der Waals surface area contributed by atoms with Crippen LogP contribution in [0.25, 0.3) is 0 Å². The fraction of sp³-hybridized carbons (Fsp3) is 0.200. The van der Waals surface area contributed by atoms with Gasteiger partial charge in [-0.15, -0.1) is 0 Å². The van der Waals surface area contributed by atoms with E-state index in [1.165, 1.54) is 17.2 Å². The van der Waals surface area contributed by atoms with Crippen molar-refractivity contribution >= 4 is 40.5 Å². The third-order valence-electron chi connectivity index (χ3n) is 6.22. The normalized spacial score (nSPS) is 21.8. The average Bonchev–Trinajstić information content (AvgIpc) is 3.36. The average molecular weight is 478 g/mol. The van der Waals surface area contributed by atoms with E-state index in [-0.39, 0.29) is 5.69 Å². The molecule has 2 amide bonds. The van der Waals surface area contributed by atoms with Crippen LogP contribution >= 0.6 is 11.6 Å². The van der Waals surface area contributed by atoms with Gasteiger partial charge in [0.25, 0.3) is 11.6 Å². The van der Waals surface area contributed by atoms with Gasteiger partial charge in [0.2, 0.25) is 5.91 Å². The van der Waals surface area contributed by atoms with Crippen molar-refractivity contribution in [3.8, 4) is 0 Å². The van der Waals surface area contributed by atoms with E-state index in [4.69, 9.17) is 16.4 Å². The van der Waals surface area contributed by atoms with Gasteiger partial charge in [-0.2, -0.15) is 0 Å². The summed E-state index contributed by atoms with van der Waals surface area (Å²) in [6, 6.07) is 19.5. The van der Waals surface area contributed by atoms with Gasteiger partial charge in [-0.05, 0) is 47.9 Å². The number of carbonyl (C=O) groups is 2. The number of imide groups is 1. The van der Waals surface area contributed by atoms with Crippen LogP contribution in [-0.4, -0.2) is 22.8 Å². The first-order valence-corrected chi connectivity index (χ1v) is 11.2. The van der Waals surface area contributed by atoms with Crippen LogP contribution in [0.1, 0.15) is 24.1 Å². The molecule has 3 aromatic rings. The summed E-state index contributed by atoms with van der Waals surface area (Å²) in [5.41, 5.74) is 2.60. The number of anilines is 2. The largest absolute Gasteiger partial charge is 0.273 e. The van der Waals surface area contributed by atoms with E-state index < -0.39 is 34.8 Å². The lowest BCUT2D eigenvalue weighted by molar-refractivity contribution is -0.384. The molecule has 3 aromatic carbocycles. The highest BCUT2D eigenvalue weighted by Gasteiger charge is 2.60. The number of fused-ring (bicyclic) bond motifs is 1. The van der Waals surface area contributed by atoms with Crippen molar-refractivity contribution in [1.82, 2.24) is 0 Å². The van der Waals surface area contributed by atoms with Gasteiger partial charge in [0.05, 0.1) is 22.3 Å². The van der Waals surface area contributed by atoms with Crippen molar-refractivity contribution in [2.45, 2.75) is 25.5 Å². The molecule has 0 aliphatic carbocycles. The molecule has 2 heterocycles. The number of nitro groups is 1. The Hall–Kier alpha value is -3.75. The van der Waals surface area contributed by atoms with Gasteiger partial charge in [0.15, 0.2) is 6.10 Å². The molecule has 172 valence electrons. The Morgan fingerprint density at radius 2 is 1.68 bits per heavy atom. The van der Waals surface area contributed by atoms with Gasteiger partial charge in [-0.25, -0.2) is 9.96 Å². The molecule has 2 aliphatic rings. The Morgan fingerprint density at radius 3 is 2.32 bits per heavy atom. The molecular formula is C25H20ClN3O5. The summed E-state index contributed by atoms with van der Waals surface area (Å²) in [4.78, 5) is 45.0. The lowest BCUT2D eigenvalue weighted by Crippen LogP contribution is -2.37. The van der Waals surface area contributed by atoms with Gasteiger partial charge in [-0.1, -0.05) is 48.9 Å². The SMILES string of the molecule is CCc1ccc([C@@H]2[C@@H]3C(=O)N(c4ccc(Cl)cc4)C(=O)[C@@H]3ON2c2cccc([N+](=O)[O-])c2)cc1. The molecule has 2 saturated heterocycles. The second-order valence-electron chi connectivity index (χ2n) is 8.18. The summed E-state index contributed by atoms with van der Waals surface area (Å²) >= 11 is 5.97. The first-order chi connectivity index (χ1) is 16.4. The Kier molecular flexibility index (Phi) is 5.55. The Bertz CT molecular complexity index is 1280. The van der Waals surface area contributed by atoms with Gasteiger partial charge < -0.3 is 0 Å². The lowest BCUT2D eigenvalue weighted by Gasteiger charge is -2.28. The molecule has 0 bridgehead atoms. The van der Waals surface area contributed by atoms with Gasteiger partial charge in [0, 0.05) is 17.2 Å². The molecule has 0 saturated carbocycles. The first-order valence-electron chi connectivity index (χ1n) is 10.8. The zero-order valence-electron chi connectivity index (χ0n) is 18.1. The van der Waals surface area contributed by atoms with Crippen molar-refractivity contribution in [3.05, 3.63) is 99.1 Å². The summed E-state index contributed by atoms with van der Waals surface area (Å²) in [6.07, 6.45) is -0.206. The van der Waals surface area contributed by atoms with Gasteiger partial charge in [-0.3, -0.25) is 24.5 Å². The monoisotopic (exact) mass is 477 g/mol. The second kappa shape index (κ2) is 8.55. The number of nitrogens with zero attached hydrogens (tertiary/aromatic N) is 3. The van der Waals surface area contributed by atoms with Gasteiger partial charge in [0.1, 0.15) is 5.92 Å². The molecule has 0 spiro atoms. The molecule has 5 rings (SSSR count). The fourth-order valence-electron chi connectivity index (χ4n) is 4.52. The number of amides is 2. The summed E-state index contributed by atoms with van der Waals surface area (Å²) in [6.45, 7) is 2.04. The van der Waals surface area contributed by atoms with Crippen molar-refractivity contribution in [3.63, 3.8) is 0 Å². The van der Waals surface area contributed by atoms with Crippen LogP contribution in [0, 0.1) is 16.0 Å². The second-order valence-corrected chi connectivity index (χ2v) is 8.62. The molecule has 0 N–H and O–H groups in total. The number of benzene rings is 3. The Labute approximate surface area is 200 Å². The van der Waals surface area contributed by atoms with Crippen LogP contribution in [0.5, 0.6) is 0 Å². The minimum Gasteiger partial charge on any atom is -0.273 e. The van der Waals surface area contributed by atoms with E-state index in [0.29, 0.717) is 16.4 Å². The molecule has 0 unspecified atom stereocenters. The number of hydroxylamine groups is 1. The maximum atomic E-state index is 13.6. The predicted molar refractivity (Wildman–Crippen MR) is 126 cm³/mol. The van der Waals surface area contributed by atoms with Crippen molar-refractivity contribution < 1.29 is 19.3 Å². The predicted octanol–water partition coefficient (Wildman–Crippen LogP) is 4.86. The minimum atomic E-state index is -1.06. The van der Waals surface area contributed by atoms with Crippen LogP contribution < -0.4 is 9.96 Å².